The highest BCUT2D eigenvalue weighted by Crippen LogP contribution is 2.23. The van der Waals surface area contributed by atoms with Gasteiger partial charge in [-0.05, 0) is 58.2 Å². The topological polar surface area (TPSA) is 58.4 Å². The molecular formula is C16H31N3O. The number of hydrogen-bond acceptors (Lipinski definition) is 3. The van der Waals surface area contributed by atoms with E-state index in [0.29, 0.717) is 0 Å². The summed E-state index contributed by atoms with van der Waals surface area (Å²) in [5.74, 6) is 1.04. The predicted molar refractivity (Wildman–Crippen MR) is 82.4 cm³/mol. The van der Waals surface area contributed by atoms with E-state index in [4.69, 9.17) is 5.73 Å². The Bertz CT molecular complexity index is 300. The second-order valence-electron chi connectivity index (χ2n) is 6.73. The molecule has 0 spiro atoms. The van der Waals surface area contributed by atoms with Gasteiger partial charge < -0.3 is 16.0 Å². The molecule has 3 N–H and O–H groups in total. The van der Waals surface area contributed by atoms with Crippen molar-refractivity contribution in [3.05, 3.63) is 0 Å². The molecule has 0 aromatic carbocycles. The molecule has 2 unspecified atom stereocenters. The van der Waals surface area contributed by atoms with E-state index in [1.165, 1.54) is 38.8 Å². The van der Waals surface area contributed by atoms with Gasteiger partial charge in [0.2, 0.25) is 5.91 Å². The van der Waals surface area contributed by atoms with E-state index in [9.17, 15) is 4.79 Å². The fourth-order valence-corrected chi connectivity index (χ4v) is 3.54. The van der Waals surface area contributed by atoms with Crippen molar-refractivity contribution in [1.29, 1.82) is 0 Å². The van der Waals surface area contributed by atoms with Gasteiger partial charge in [0.15, 0.2) is 0 Å². The number of amides is 1. The third-order valence-electron chi connectivity index (χ3n) is 5.10. The van der Waals surface area contributed by atoms with Crippen LogP contribution in [0.5, 0.6) is 0 Å². The van der Waals surface area contributed by atoms with Gasteiger partial charge in [-0.3, -0.25) is 4.79 Å². The van der Waals surface area contributed by atoms with E-state index in [1.807, 2.05) is 0 Å². The maximum absolute atomic E-state index is 12.3. The van der Waals surface area contributed by atoms with Gasteiger partial charge in [0, 0.05) is 12.6 Å². The van der Waals surface area contributed by atoms with Gasteiger partial charge in [-0.25, -0.2) is 0 Å². The molecule has 2 atom stereocenters. The number of carbonyl (C=O) groups excluding carboxylic acids is 1. The minimum Gasteiger partial charge on any atom is -0.356 e. The zero-order chi connectivity index (χ0) is 14.4. The predicted octanol–water partition coefficient (Wildman–Crippen LogP) is 1.74. The minimum atomic E-state index is 0.0509. The summed E-state index contributed by atoms with van der Waals surface area (Å²) in [6, 6.07) is 0.0702. The normalized spacial score (nSPS) is 29.9. The number of likely N-dealkylation sites (tertiary alicyclic amines) is 1. The van der Waals surface area contributed by atoms with Crippen molar-refractivity contribution < 1.29 is 4.79 Å². The fourth-order valence-electron chi connectivity index (χ4n) is 3.54. The van der Waals surface area contributed by atoms with Crippen molar-refractivity contribution in [3.8, 4) is 0 Å². The molecule has 1 heterocycles. The Balaban J connectivity index is 1.66. The van der Waals surface area contributed by atoms with Crippen LogP contribution in [0, 0.1) is 11.8 Å². The highest BCUT2D eigenvalue weighted by atomic mass is 16.1. The molecule has 1 aliphatic carbocycles. The second-order valence-corrected chi connectivity index (χ2v) is 6.73. The van der Waals surface area contributed by atoms with E-state index in [1.54, 1.807) is 0 Å². The first-order valence-electron chi connectivity index (χ1n) is 8.38. The smallest absolute Gasteiger partial charge is 0.224 e. The van der Waals surface area contributed by atoms with Crippen molar-refractivity contribution in [1.82, 2.24) is 10.2 Å². The van der Waals surface area contributed by atoms with Crippen molar-refractivity contribution in [3.63, 3.8) is 0 Å². The highest BCUT2D eigenvalue weighted by molar-refractivity contribution is 5.79. The minimum absolute atomic E-state index is 0.0509. The lowest BCUT2D eigenvalue weighted by atomic mass is 9.92. The summed E-state index contributed by atoms with van der Waals surface area (Å²) in [5.41, 5.74) is 6.14. The first-order chi connectivity index (χ1) is 9.66. The van der Waals surface area contributed by atoms with Crippen LogP contribution in [0.2, 0.25) is 0 Å². The highest BCUT2D eigenvalue weighted by Gasteiger charge is 2.26. The van der Waals surface area contributed by atoms with E-state index in [2.05, 4.69) is 17.3 Å². The molecule has 4 nitrogen and oxygen atoms in total. The van der Waals surface area contributed by atoms with Crippen molar-refractivity contribution in [2.75, 3.05) is 26.7 Å². The monoisotopic (exact) mass is 281 g/mol. The second kappa shape index (κ2) is 7.99. The van der Waals surface area contributed by atoms with Crippen LogP contribution < -0.4 is 11.1 Å². The number of piperidine rings is 1. The quantitative estimate of drug-likeness (QED) is 0.772. The third kappa shape index (κ3) is 4.74. The number of nitrogens with two attached hydrogens (primary N) is 1. The van der Waals surface area contributed by atoms with E-state index < -0.39 is 0 Å². The largest absolute Gasteiger partial charge is 0.356 e. The molecule has 20 heavy (non-hydrogen) atoms. The van der Waals surface area contributed by atoms with Gasteiger partial charge in [0.25, 0.3) is 0 Å². The molecule has 2 aliphatic rings. The number of rotatable bonds is 4. The lowest BCUT2D eigenvalue weighted by Crippen LogP contribution is -2.42. The van der Waals surface area contributed by atoms with E-state index in [-0.39, 0.29) is 17.9 Å². The summed E-state index contributed by atoms with van der Waals surface area (Å²) in [6.45, 7) is 3.23. The molecule has 1 saturated heterocycles. The molecule has 1 saturated carbocycles. The maximum atomic E-state index is 12.3. The summed E-state index contributed by atoms with van der Waals surface area (Å²) >= 11 is 0. The average Bonchev–Trinajstić information content (AvgIpc) is 2.65. The number of nitrogens with one attached hydrogen (secondary N) is 1. The van der Waals surface area contributed by atoms with Gasteiger partial charge in [0.1, 0.15) is 0 Å². The summed E-state index contributed by atoms with van der Waals surface area (Å²) in [5, 5.41) is 3.14. The lowest BCUT2D eigenvalue weighted by molar-refractivity contribution is -0.125. The van der Waals surface area contributed by atoms with E-state index in [0.717, 1.165) is 38.1 Å². The molecule has 0 bridgehead atoms. The summed E-state index contributed by atoms with van der Waals surface area (Å²) < 4.78 is 0. The summed E-state index contributed by atoms with van der Waals surface area (Å²) in [6.07, 6.45) is 9.22. The Morgan fingerprint density at radius 2 is 1.85 bits per heavy atom. The molecule has 4 heteroatoms. The Hall–Kier alpha value is -0.610. The summed E-state index contributed by atoms with van der Waals surface area (Å²) in [7, 11) is 2.19. The van der Waals surface area contributed by atoms with Crippen molar-refractivity contribution in [2.45, 2.75) is 57.4 Å². The molecule has 1 aliphatic heterocycles. The molecule has 0 aromatic rings. The maximum Gasteiger partial charge on any atom is 0.224 e. The number of carbonyl (C=O) groups is 1. The lowest BCUT2D eigenvalue weighted by Gasteiger charge is -2.29. The molecular weight excluding hydrogens is 250 g/mol. The van der Waals surface area contributed by atoms with E-state index >= 15 is 0 Å². The van der Waals surface area contributed by atoms with Crippen LogP contribution in [0.4, 0.5) is 0 Å². The molecule has 2 rings (SSSR count). The van der Waals surface area contributed by atoms with Gasteiger partial charge in [0.05, 0.1) is 5.92 Å². The average molecular weight is 281 g/mol. The summed E-state index contributed by atoms with van der Waals surface area (Å²) in [4.78, 5) is 14.6. The molecule has 2 fully saturated rings. The molecule has 0 aromatic heterocycles. The SMILES string of the molecule is CN1CCC(CCNC(=O)C2CCCCCC2N)CC1. The third-order valence-corrected chi connectivity index (χ3v) is 5.10. The van der Waals surface area contributed by atoms with Crippen LogP contribution in [-0.4, -0.2) is 43.5 Å². The van der Waals surface area contributed by atoms with Gasteiger partial charge in [-0.2, -0.15) is 0 Å². The zero-order valence-electron chi connectivity index (χ0n) is 12.9. The Morgan fingerprint density at radius 3 is 2.60 bits per heavy atom. The standard InChI is InChI=1S/C16H31N3O/c1-19-11-8-13(9-12-19)7-10-18-16(20)14-5-3-2-4-6-15(14)17/h13-15H,2-12,17H2,1H3,(H,18,20). The molecule has 116 valence electrons. The van der Waals surface area contributed by atoms with Crippen LogP contribution in [0.3, 0.4) is 0 Å². The fraction of sp³-hybridized carbons (Fsp3) is 0.938. The van der Waals surface area contributed by atoms with Crippen LogP contribution >= 0.6 is 0 Å². The van der Waals surface area contributed by atoms with Crippen LogP contribution in [0.1, 0.15) is 51.4 Å². The van der Waals surface area contributed by atoms with Crippen molar-refractivity contribution >= 4 is 5.91 Å². The van der Waals surface area contributed by atoms with Gasteiger partial charge in [-0.1, -0.05) is 19.3 Å². The number of nitrogens with zero attached hydrogens (tertiary/aromatic N) is 1. The first kappa shape index (κ1) is 15.8. The van der Waals surface area contributed by atoms with Crippen LogP contribution in [0.25, 0.3) is 0 Å². The van der Waals surface area contributed by atoms with Crippen LogP contribution in [-0.2, 0) is 4.79 Å². The Morgan fingerprint density at radius 1 is 1.15 bits per heavy atom. The molecule has 1 amide bonds. The van der Waals surface area contributed by atoms with Crippen molar-refractivity contribution in [2.24, 2.45) is 17.6 Å². The first-order valence-corrected chi connectivity index (χ1v) is 8.38. The van der Waals surface area contributed by atoms with Gasteiger partial charge >= 0.3 is 0 Å². The Labute approximate surface area is 123 Å². The number of hydrogen-bond donors (Lipinski definition) is 2. The zero-order valence-corrected chi connectivity index (χ0v) is 12.9. The molecule has 0 radical (unpaired) electrons. The van der Waals surface area contributed by atoms with Crippen LogP contribution in [0.15, 0.2) is 0 Å². The van der Waals surface area contributed by atoms with Gasteiger partial charge in [-0.15, -0.1) is 0 Å². The Kier molecular flexibility index (Phi) is 6.30.